The summed E-state index contributed by atoms with van der Waals surface area (Å²) in [4.78, 5) is 15.0. The zero-order chi connectivity index (χ0) is 21.8. The van der Waals surface area contributed by atoms with E-state index in [2.05, 4.69) is 16.8 Å². The van der Waals surface area contributed by atoms with Gasteiger partial charge in [-0.1, -0.05) is 49.2 Å². The quantitative estimate of drug-likeness (QED) is 0.472. The van der Waals surface area contributed by atoms with E-state index in [4.69, 9.17) is 9.47 Å². The number of para-hydroxylation sites is 2. The van der Waals surface area contributed by atoms with Crippen LogP contribution >= 0.6 is 11.8 Å². The van der Waals surface area contributed by atoms with Crippen molar-refractivity contribution >= 4 is 17.7 Å². The van der Waals surface area contributed by atoms with Gasteiger partial charge in [-0.15, -0.1) is 16.8 Å². The average Bonchev–Trinajstić information content (AvgIpc) is 3.20. The molecular weight excluding hydrogens is 412 g/mol. The topological polar surface area (TPSA) is 69.5 Å². The molecule has 2 heterocycles. The summed E-state index contributed by atoms with van der Waals surface area (Å²) in [5.74, 6) is 2.24. The molecule has 0 spiro atoms. The zero-order valence-electron chi connectivity index (χ0n) is 18.2. The SMILES string of the molecule is C=CCn1c(SC(C)C(=O)N(C)C2CCCCC2)nnc1C1COc2ccccc2O1. The number of aromatic nitrogens is 3. The van der Waals surface area contributed by atoms with Gasteiger partial charge in [0.05, 0.1) is 5.25 Å². The van der Waals surface area contributed by atoms with Crippen molar-refractivity contribution in [3.63, 3.8) is 0 Å². The van der Waals surface area contributed by atoms with E-state index in [1.165, 1.54) is 31.0 Å². The molecule has 1 aliphatic carbocycles. The summed E-state index contributed by atoms with van der Waals surface area (Å²) >= 11 is 1.44. The van der Waals surface area contributed by atoms with Crippen LogP contribution in [0.25, 0.3) is 0 Å². The van der Waals surface area contributed by atoms with Crippen LogP contribution in [0.3, 0.4) is 0 Å². The molecule has 2 unspecified atom stereocenters. The first-order valence-electron chi connectivity index (χ1n) is 10.9. The molecule has 2 aliphatic rings. The molecule has 8 heteroatoms. The van der Waals surface area contributed by atoms with Crippen molar-refractivity contribution < 1.29 is 14.3 Å². The molecule has 0 bridgehead atoms. The molecule has 2 atom stereocenters. The Morgan fingerprint density at radius 2 is 2.03 bits per heavy atom. The van der Waals surface area contributed by atoms with Crippen LogP contribution in [-0.2, 0) is 11.3 Å². The van der Waals surface area contributed by atoms with Crippen molar-refractivity contribution in [1.82, 2.24) is 19.7 Å². The first-order valence-corrected chi connectivity index (χ1v) is 11.8. The lowest BCUT2D eigenvalue weighted by Crippen LogP contribution is -2.42. The molecule has 0 N–H and O–H groups in total. The van der Waals surface area contributed by atoms with Gasteiger partial charge in [0.2, 0.25) is 5.91 Å². The van der Waals surface area contributed by atoms with Gasteiger partial charge in [-0.05, 0) is 31.9 Å². The standard InChI is InChI=1S/C23H30N4O3S/c1-4-14-27-21(20-15-29-18-12-8-9-13-19(18)30-20)24-25-23(27)31-16(2)22(28)26(3)17-10-6-5-7-11-17/h4,8-9,12-13,16-17,20H,1,5-7,10-11,14-15H2,2-3H3. The van der Waals surface area contributed by atoms with E-state index in [0.29, 0.717) is 35.9 Å². The van der Waals surface area contributed by atoms with Gasteiger partial charge in [0, 0.05) is 19.6 Å². The van der Waals surface area contributed by atoms with Gasteiger partial charge in [-0.3, -0.25) is 9.36 Å². The maximum atomic E-state index is 13.0. The number of carbonyl (C=O) groups is 1. The molecule has 1 aromatic heterocycles. The van der Waals surface area contributed by atoms with Crippen molar-refractivity contribution in [1.29, 1.82) is 0 Å². The number of ether oxygens (including phenoxy) is 2. The van der Waals surface area contributed by atoms with Gasteiger partial charge in [0.1, 0.15) is 6.61 Å². The number of rotatable bonds is 7. The number of carbonyl (C=O) groups excluding carboxylic acids is 1. The Morgan fingerprint density at radius 1 is 1.29 bits per heavy atom. The van der Waals surface area contributed by atoms with Crippen LogP contribution in [0.5, 0.6) is 11.5 Å². The fourth-order valence-corrected chi connectivity index (χ4v) is 5.18. The highest BCUT2D eigenvalue weighted by molar-refractivity contribution is 8.00. The van der Waals surface area contributed by atoms with Gasteiger partial charge in [-0.25, -0.2) is 0 Å². The predicted molar refractivity (Wildman–Crippen MR) is 120 cm³/mol. The van der Waals surface area contributed by atoms with Crippen LogP contribution in [0, 0.1) is 0 Å². The van der Waals surface area contributed by atoms with Crippen LogP contribution in [0.2, 0.25) is 0 Å². The summed E-state index contributed by atoms with van der Waals surface area (Å²) in [6.45, 7) is 6.70. The van der Waals surface area contributed by atoms with E-state index in [0.717, 1.165) is 18.6 Å². The summed E-state index contributed by atoms with van der Waals surface area (Å²) in [5.41, 5.74) is 0. The second kappa shape index (κ2) is 9.77. The summed E-state index contributed by atoms with van der Waals surface area (Å²) in [6.07, 6.45) is 7.30. The summed E-state index contributed by atoms with van der Waals surface area (Å²) < 4.78 is 13.9. The average molecular weight is 443 g/mol. The van der Waals surface area contributed by atoms with Gasteiger partial charge in [-0.2, -0.15) is 0 Å². The van der Waals surface area contributed by atoms with Crippen LogP contribution < -0.4 is 9.47 Å². The lowest BCUT2D eigenvalue weighted by molar-refractivity contribution is -0.131. The van der Waals surface area contributed by atoms with E-state index in [1.807, 2.05) is 47.7 Å². The maximum absolute atomic E-state index is 13.0. The van der Waals surface area contributed by atoms with E-state index < -0.39 is 0 Å². The van der Waals surface area contributed by atoms with Crippen LogP contribution in [-0.4, -0.2) is 50.5 Å². The fourth-order valence-electron chi connectivity index (χ4n) is 4.22. The molecule has 2 aromatic rings. The molecule has 0 radical (unpaired) electrons. The minimum absolute atomic E-state index is 0.137. The number of benzene rings is 1. The number of hydrogen-bond acceptors (Lipinski definition) is 6. The van der Waals surface area contributed by atoms with E-state index in [-0.39, 0.29) is 17.3 Å². The Balaban J connectivity index is 1.48. The lowest BCUT2D eigenvalue weighted by Gasteiger charge is -2.32. The number of hydrogen-bond donors (Lipinski definition) is 0. The Kier molecular flexibility index (Phi) is 6.85. The highest BCUT2D eigenvalue weighted by Crippen LogP contribution is 2.36. The minimum atomic E-state index is -0.368. The molecule has 1 aliphatic heterocycles. The smallest absolute Gasteiger partial charge is 0.235 e. The van der Waals surface area contributed by atoms with Gasteiger partial charge < -0.3 is 14.4 Å². The predicted octanol–water partition coefficient (Wildman–Crippen LogP) is 4.25. The molecule has 1 saturated carbocycles. The zero-order valence-corrected chi connectivity index (χ0v) is 19.0. The second-order valence-electron chi connectivity index (χ2n) is 8.11. The summed E-state index contributed by atoms with van der Waals surface area (Å²) in [6, 6.07) is 7.94. The van der Waals surface area contributed by atoms with E-state index in [9.17, 15) is 4.79 Å². The van der Waals surface area contributed by atoms with Crippen molar-refractivity contribution in [2.45, 2.75) is 68.1 Å². The van der Waals surface area contributed by atoms with E-state index in [1.54, 1.807) is 6.08 Å². The molecule has 4 rings (SSSR count). The summed E-state index contributed by atoms with van der Waals surface area (Å²) in [5, 5.41) is 9.21. The maximum Gasteiger partial charge on any atom is 0.235 e. The highest BCUT2D eigenvalue weighted by Gasteiger charge is 2.31. The Hall–Kier alpha value is -2.48. The van der Waals surface area contributed by atoms with Gasteiger partial charge in [0.15, 0.2) is 28.6 Å². The lowest BCUT2D eigenvalue weighted by atomic mass is 9.94. The van der Waals surface area contributed by atoms with Crippen LogP contribution in [0.1, 0.15) is 51.0 Å². The molecule has 1 amide bonds. The molecule has 1 aromatic carbocycles. The second-order valence-corrected chi connectivity index (χ2v) is 9.41. The Bertz CT molecular complexity index is 925. The summed E-state index contributed by atoms with van der Waals surface area (Å²) in [7, 11) is 1.93. The Morgan fingerprint density at radius 3 is 2.77 bits per heavy atom. The van der Waals surface area contributed by atoms with E-state index >= 15 is 0 Å². The number of amides is 1. The monoisotopic (exact) mass is 442 g/mol. The molecule has 1 fully saturated rings. The van der Waals surface area contributed by atoms with Crippen molar-refractivity contribution in [2.75, 3.05) is 13.7 Å². The van der Waals surface area contributed by atoms with Gasteiger partial charge >= 0.3 is 0 Å². The minimum Gasteiger partial charge on any atom is -0.485 e. The first kappa shape index (κ1) is 21.7. The van der Waals surface area contributed by atoms with Crippen molar-refractivity contribution in [3.8, 4) is 11.5 Å². The molecule has 166 valence electrons. The molecule has 31 heavy (non-hydrogen) atoms. The van der Waals surface area contributed by atoms with Crippen LogP contribution in [0.15, 0.2) is 42.1 Å². The number of fused-ring (bicyclic) bond motifs is 1. The van der Waals surface area contributed by atoms with Crippen LogP contribution in [0.4, 0.5) is 0 Å². The first-order chi connectivity index (χ1) is 15.1. The third-order valence-corrected chi connectivity index (χ3v) is 7.02. The van der Waals surface area contributed by atoms with Crippen molar-refractivity contribution in [2.24, 2.45) is 0 Å². The normalized spacial score (nSPS) is 19.6. The number of nitrogens with zero attached hydrogens (tertiary/aromatic N) is 4. The third-order valence-electron chi connectivity index (χ3n) is 5.95. The van der Waals surface area contributed by atoms with Gasteiger partial charge in [0.25, 0.3) is 0 Å². The molecule has 7 nitrogen and oxygen atoms in total. The number of thioether (sulfide) groups is 1. The highest BCUT2D eigenvalue weighted by atomic mass is 32.2. The van der Waals surface area contributed by atoms with Crippen molar-refractivity contribution in [3.05, 3.63) is 42.7 Å². The third kappa shape index (κ3) is 4.74. The largest absolute Gasteiger partial charge is 0.485 e. The molecule has 0 saturated heterocycles. The fraction of sp³-hybridized carbons (Fsp3) is 0.522. The number of allylic oxidation sites excluding steroid dienone is 1. The Labute approximate surface area is 187 Å². The molecular formula is C23H30N4O3S.